The van der Waals surface area contributed by atoms with Gasteiger partial charge in [-0.05, 0) is 19.8 Å². The summed E-state index contributed by atoms with van der Waals surface area (Å²) in [7, 11) is 0. The van der Waals surface area contributed by atoms with Crippen LogP contribution in [0.2, 0.25) is 0 Å². The van der Waals surface area contributed by atoms with Crippen molar-refractivity contribution < 1.29 is 9.59 Å². The van der Waals surface area contributed by atoms with Crippen LogP contribution < -0.4 is 11.1 Å². The topological polar surface area (TPSA) is 78.7 Å². The Hall–Kier alpha value is -1.14. The largest absolute Gasteiger partial charge is 0.369 e. The number of nitrogens with one attached hydrogen (secondary N) is 1. The molecule has 0 aromatic rings. The number of nitrogens with two attached hydrogens (primary N) is 1. The SMILES string of the molecule is C[C@H](C(=O)NC1CC1)N1CCN(CC(N)=O)CC1. The van der Waals surface area contributed by atoms with E-state index < -0.39 is 0 Å². The maximum atomic E-state index is 11.9. The highest BCUT2D eigenvalue weighted by Gasteiger charge is 2.29. The molecule has 102 valence electrons. The molecular weight excluding hydrogens is 232 g/mol. The van der Waals surface area contributed by atoms with Crippen LogP contribution >= 0.6 is 0 Å². The quantitative estimate of drug-likeness (QED) is 0.643. The summed E-state index contributed by atoms with van der Waals surface area (Å²) >= 11 is 0. The Kier molecular flexibility index (Phi) is 4.19. The van der Waals surface area contributed by atoms with E-state index in [1.165, 1.54) is 0 Å². The molecule has 1 heterocycles. The van der Waals surface area contributed by atoms with Gasteiger partial charge in [0.2, 0.25) is 11.8 Å². The van der Waals surface area contributed by atoms with Gasteiger partial charge in [-0.25, -0.2) is 0 Å². The van der Waals surface area contributed by atoms with Crippen LogP contribution in [-0.4, -0.2) is 66.4 Å². The van der Waals surface area contributed by atoms with Crippen LogP contribution in [-0.2, 0) is 9.59 Å². The van der Waals surface area contributed by atoms with Crippen molar-refractivity contribution in [1.29, 1.82) is 0 Å². The molecule has 6 nitrogen and oxygen atoms in total. The molecule has 0 aromatic carbocycles. The zero-order chi connectivity index (χ0) is 13.1. The summed E-state index contributed by atoms with van der Waals surface area (Å²) < 4.78 is 0. The molecule has 0 unspecified atom stereocenters. The van der Waals surface area contributed by atoms with Crippen LogP contribution in [0, 0.1) is 0 Å². The molecule has 2 rings (SSSR count). The summed E-state index contributed by atoms with van der Waals surface area (Å²) in [5.41, 5.74) is 5.17. The number of hydrogen-bond acceptors (Lipinski definition) is 4. The number of hydrogen-bond donors (Lipinski definition) is 2. The van der Waals surface area contributed by atoms with Crippen molar-refractivity contribution in [3.63, 3.8) is 0 Å². The number of carbonyl (C=O) groups excluding carboxylic acids is 2. The Morgan fingerprint density at radius 1 is 1.28 bits per heavy atom. The van der Waals surface area contributed by atoms with Gasteiger partial charge < -0.3 is 11.1 Å². The molecule has 3 N–H and O–H groups in total. The van der Waals surface area contributed by atoms with Gasteiger partial charge in [0.05, 0.1) is 12.6 Å². The molecule has 0 bridgehead atoms. The van der Waals surface area contributed by atoms with Gasteiger partial charge >= 0.3 is 0 Å². The van der Waals surface area contributed by atoms with Gasteiger partial charge in [-0.1, -0.05) is 0 Å². The third kappa shape index (κ3) is 3.68. The minimum absolute atomic E-state index is 0.0821. The van der Waals surface area contributed by atoms with Crippen molar-refractivity contribution in [3.8, 4) is 0 Å². The van der Waals surface area contributed by atoms with Gasteiger partial charge in [-0.2, -0.15) is 0 Å². The van der Waals surface area contributed by atoms with E-state index in [9.17, 15) is 9.59 Å². The molecular formula is C12H22N4O2. The molecule has 0 spiro atoms. The standard InChI is InChI=1S/C12H22N4O2/c1-9(12(18)14-10-2-3-10)16-6-4-15(5-7-16)8-11(13)17/h9-10H,2-8H2,1H3,(H2,13,17)(H,14,18)/t9-/m1/s1. The average molecular weight is 254 g/mol. The van der Waals surface area contributed by atoms with Crippen molar-refractivity contribution in [2.24, 2.45) is 5.73 Å². The van der Waals surface area contributed by atoms with E-state index in [4.69, 9.17) is 5.73 Å². The van der Waals surface area contributed by atoms with Crippen LogP contribution in [0.15, 0.2) is 0 Å². The van der Waals surface area contributed by atoms with Crippen molar-refractivity contribution in [2.45, 2.75) is 31.8 Å². The molecule has 0 aromatic heterocycles. The summed E-state index contributed by atoms with van der Waals surface area (Å²) in [6.07, 6.45) is 2.23. The van der Waals surface area contributed by atoms with Crippen LogP contribution in [0.3, 0.4) is 0 Å². The van der Waals surface area contributed by atoms with Crippen LogP contribution in [0.25, 0.3) is 0 Å². The second-order valence-corrected chi connectivity index (χ2v) is 5.24. The van der Waals surface area contributed by atoms with E-state index in [-0.39, 0.29) is 17.9 Å². The lowest BCUT2D eigenvalue weighted by Gasteiger charge is -2.36. The van der Waals surface area contributed by atoms with Crippen LogP contribution in [0.1, 0.15) is 19.8 Å². The van der Waals surface area contributed by atoms with Crippen LogP contribution in [0.5, 0.6) is 0 Å². The molecule has 1 saturated heterocycles. The molecule has 18 heavy (non-hydrogen) atoms. The predicted molar refractivity (Wildman–Crippen MR) is 67.8 cm³/mol. The maximum absolute atomic E-state index is 11.9. The fraction of sp³-hybridized carbons (Fsp3) is 0.833. The number of carbonyl (C=O) groups is 2. The first-order valence-corrected chi connectivity index (χ1v) is 6.61. The average Bonchev–Trinajstić information content (AvgIpc) is 3.12. The number of primary amides is 1. The predicted octanol–water partition coefficient (Wildman–Crippen LogP) is -1.24. The number of nitrogens with zero attached hydrogens (tertiary/aromatic N) is 2. The van der Waals surface area contributed by atoms with Gasteiger partial charge in [-0.15, -0.1) is 0 Å². The normalized spacial score (nSPS) is 23.6. The fourth-order valence-corrected chi connectivity index (χ4v) is 2.24. The van der Waals surface area contributed by atoms with Gasteiger partial charge in [0.25, 0.3) is 0 Å². The Morgan fingerprint density at radius 3 is 2.39 bits per heavy atom. The first kappa shape index (κ1) is 13.3. The molecule has 0 radical (unpaired) electrons. The second kappa shape index (κ2) is 5.67. The fourth-order valence-electron chi connectivity index (χ4n) is 2.24. The third-order valence-corrected chi connectivity index (χ3v) is 3.64. The van der Waals surface area contributed by atoms with E-state index in [0.717, 1.165) is 39.0 Å². The second-order valence-electron chi connectivity index (χ2n) is 5.24. The highest BCUT2D eigenvalue weighted by atomic mass is 16.2. The number of piperazine rings is 1. The lowest BCUT2D eigenvalue weighted by atomic mass is 10.2. The molecule has 1 saturated carbocycles. The van der Waals surface area contributed by atoms with Crippen molar-refractivity contribution >= 4 is 11.8 Å². The minimum Gasteiger partial charge on any atom is -0.369 e. The molecule has 1 aliphatic carbocycles. The highest BCUT2D eigenvalue weighted by molar-refractivity contribution is 5.81. The minimum atomic E-state index is -0.289. The Balaban J connectivity index is 1.74. The maximum Gasteiger partial charge on any atom is 0.237 e. The zero-order valence-corrected chi connectivity index (χ0v) is 10.9. The van der Waals surface area contributed by atoms with E-state index in [0.29, 0.717) is 12.6 Å². The summed E-state index contributed by atoms with van der Waals surface area (Å²) in [5, 5.41) is 3.03. The highest BCUT2D eigenvalue weighted by Crippen LogP contribution is 2.19. The van der Waals surface area contributed by atoms with E-state index >= 15 is 0 Å². The van der Waals surface area contributed by atoms with Crippen LogP contribution in [0.4, 0.5) is 0 Å². The lowest BCUT2D eigenvalue weighted by molar-refractivity contribution is -0.127. The van der Waals surface area contributed by atoms with Gasteiger partial charge in [-0.3, -0.25) is 19.4 Å². The number of rotatable bonds is 5. The number of amides is 2. The monoisotopic (exact) mass is 254 g/mol. The first-order valence-electron chi connectivity index (χ1n) is 6.61. The van der Waals surface area contributed by atoms with E-state index in [1.807, 2.05) is 11.8 Å². The van der Waals surface area contributed by atoms with Crippen molar-refractivity contribution in [3.05, 3.63) is 0 Å². The molecule has 2 aliphatic rings. The van der Waals surface area contributed by atoms with E-state index in [1.54, 1.807) is 0 Å². The Bertz CT molecular complexity index is 322. The zero-order valence-electron chi connectivity index (χ0n) is 10.9. The van der Waals surface area contributed by atoms with Gasteiger partial charge in [0.1, 0.15) is 0 Å². The molecule has 2 fully saturated rings. The summed E-state index contributed by atoms with van der Waals surface area (Å²) in [6, 6.07) is 0.331. The Labute approximate surface area is 107 Å². The molecule has 1 aliphatic heterocycles. The van der Waals surface area contributed by atoms with Gasteiger partial charge in [0, 0.05) is 32.2 Å². The van der Waals surface area contributed by atoms with Crippen molar-refractivity contribution in [1.82, 2.24) is 15.1 Å². The molecule has 1 atom stereocenters. The van der Waals surface area contributed by atoms with E-state index in [2.05, 4.69) is 10.2 Å². The summed E-state index contributed by atoms with van der Waals surface area (Å²) in [5.74, 6) is -0.163. The first-order chi connectivity index (χ1) is 8.56. The van der Waals surface area contributed by atoms with Gasteiger partial charge in [0.15, 0.2) is 0 Å². The summed E-state index contributed by atoms with van der Waals surface area (Å²) in [4.78, 5) is 26.9. The third-order valence-electron chi connectivity index (χ3n) is 3.64. The summed E-state index contributed by atoms with van der Waals surface area (Å²) in [6.45, 7) is 5.48. The molecule has 2 amide bonds. The smallest absolute Gasteiger partial charge is 0.237 e. The molecule has 6 heteroatoms. The lowest BCUT2D eigenvalue weighted by Crippen LogP contribution is -2.55. The van der Waals surface area contributed by atoms with Crippen molar-refractivity contribution in [2.75, 3.05) is 32.7 Å². The Morgan fingerprint density at radius 2 is 1.89 bits per heavy atom.